The van der Waals surface area contributed by atoms with Crippen LogP contribution in [0.5, 0.6) is 0 Å². The van der Waals surface area contributed by atoms with Crippen LogP contribution in [0.25, 0.3) is 0 Å². The van der Waals surface area contributed by atoms with Crippen molar-refractivity contribution in [2.75, 3.05) is 28.6 Å². The first-order valence-corrected chi connectivity index (χ1v) is 9.32. The van der Waals surface area contributed by atoms with Crippen LogP contribution in [0, 0.1) is 5.82 Å². The van der Waals surface area contributed by atoms with E-state index in [9.17, 15) is 9.18 Å². The second kappa shape index (κ2) is 8.08. The Morgan fingerprint density at radius 3 is 2.46 bits per heavy atom. The smallest absolute Gasteiger partial charge is 0.257 e. The summed E-state index contributed by atoms with van der Waals surface area (Å²) >= 11 is 0. The maximum atomic E-state index is 13.8. The Labute approximate surface area is 163 Å². The minimum absolute atomic E-state index is 0.265. The molecule has 1 aromatic heterocycles. The van der Waals surface area contributed by atoms with Gasteiger partial charge in [0, 0.05) is 30.7 Å². The summed E-state index contributed by atoms with van der Waals surface area (Å²) in [6.45, 7) is 2.17. The summed E-state index contributed by atoms with van der Waals surface area (Å²) in [5.41, 5.74) is 3.17. The average Bonchev–Trinajstić information content (AvgIpc) is 3.25. The van der Waals surface area contributed by atoms with E-state index in [2.05, 4.69) is 20.5 Å². The van der Waals surface area contributed by atoms with Crippen LogP contribution in [0.4, 0.5) is 27.1 Å². The number of para-hydroxylation sites is 1. The number of nitrogens with one attached hydrogen (secondary N) is 2. The van der Waals surface area contributed by atoms with Crippen LogP contribution in [-0.2, 0) is 0 Å². The number of pyridine rings is 1. The lowest BCUT2D eigenvalue weighted by molar-refractivity contribution is 0.102. The predicted molar refractivity (Wildman–Crippen MR) is 110 cm³/mol. The quantitative estimate of drug-likeness (QED) is 0.670. The van der Waals surface area contributed by atoms with Crippen molar-refractivity contribution in [2.24, 2.45) is 0 Å². The number of hydrogen-bond donors (Lipinski definition) is 2. The molecule has 0 unspecified atom stereocenters. The number of aromatic nitrogens is 1. The largest absolute Gasteiger partial charge is 0.372 e. The van der Waals surface area contributed by atoms with Crippen molar-refractivity contribution >= 4 is 28.7 Å². The Morgan fingerprint density at radius 1 is 0.964 bits per heavy atom. The van der Waals surface area contributed by atoms with E-state index in [1.807, 2.05) is 24.3 Å². The molecule has 0 radical (unpaired) electrons. The van der Waals surface area contributed by atoms with Gasteiger partial charge in [0.2, 0.25) is 0 Å². The summed E-state index contributed by atoms with van der Waals surface area (Å²) < 4.78 is 13.8. The van der Waals surface area contributed by atoms with E-state index in [1.54, 1.807) is 30.5 Å². The van der Waals surface area contributed by atoms with Gasteiger partial charge in [0.05, 0.1) is 23.1 Å². The minimum Gasteiger partial charge on any atom is -0.372 e. The summed E-state index contributed by atoms with van der Waals surface area (Å²) in [4.78, 5) is 19.0. The van der Waals surface area contributed by atoms with E-state index in [-0.39, 0.29) is 11.7 Å². The Kier molecular flexibility index (Phi) is 5.19. The highest BCUT2D eigenvalue weighted by atomic mass is 19.1. The SMILES string of the molecule is O=C(Nc1ccc(N2CCCC2)cc1)c1cncc(Nc2ccccc2F)c1. The third-order valence-electron chi connectivity index (χ3n) is 4.75. The highest BCUT2D eigenvalue weighted by Crippen LogP contribution is 2.23. The van der Waals surface area contributed by atoms with Gasteiger partial charge in [-0.05, 0) is 55.3 Å². The lowest BCUT2D eigenvalue weighted by Crippen LogP contribution is -2.17. The molecule has 0 spiro atoms. The summed E-state index contributed by atoms with van der Waals surface area (Å²) in [7, 11) is 0. The van der Waals surface area contributed by atoms with E-state index in [0.29, 0.717) is 16.9 Å². The van der Waals surface area contributed by atoms with Gasteiger partial charge in [-0.1, -0.05) is 12.1 Å². The molecule has 1 saturated heterocycles. The topological polar surface area (TPSA) is 57.3 Å². The number of nitrogens with zero attached hydrogens (tertiary/aromatic N) is 2. The van der Waals surface area contributed by atoms with Gasteiger partial charge in [-0.25, -0.2) is 4.39 Å². The summed E-state index contributed by atoms with van der Waals surface area (Å²) in [6.07, 6.45) is 5.49. The van der Waals surface area contributed by atoms with Gasteiger partial charge in [0.1, 0.15) is 5.82 Å². The normalized spacial score (nSPS) is 13.4. The summed E-state index contributed by atoms with van der Waals surface area (Å²) in [5.74, 6) is -0.631. The van der Waals surface area contributed by atoms with Crippen LogP contribution in [0.2, 0.25) is 0 Å². The lowest BCUT2D eigenvalue weighted by atomic mass is 10.2. The van der Waals surface area contributed by atoms with Crippen molar-refractivity contribution in [1.82, 2.24) is 4.98 Å². The first kappa shape index (κ1) is 18.0. The molecule has 0 aliphatic carbocycles. The fourth-order valence-corrected chi connectivity index (χ4v) is 3.28. The predicted octanol–water partition coefficient (Wildman–Crippen LogP) is 4.82. The van der Waals surface area contributed by atoms with Crippen LogP contribution < -0.4 is 15.5 Å². The number of amides is 1. The van der Waals surface area contributed by atoms with Crippen LogP contribution in [-0.4, -0.2) is 24.0 Å². The summed E-state index contributed by atoms with van der Waals surface area (Å²) in [5, 5.41) is 5.83. The molecule has 1 aliphatic heterocycles. The number of carbonyl (C=O) groups excluding carboxylic acids is 1. The minimum atomic E-state index is -0.365. The molecule has 2 heterocycles. The van der Waals surface area contributed by atoms with E-state index >= 15 is 0 Å². The molecule has 3 aromatic rings. The standard InChI is InChI=1S/C22H21FN4O/c23-20-5-1-2-6-21(20)25-18-13-16(14-24-15-18)22(28)26-17-7-9-19(10-8-17)27-11-3-4-12-27/h1-2,5-10,13-15,25H,3-4,11-12H2,(H,26,28). The first-order valence-electron chi connectivity index (χ1n) is 9.32. The van der Waals surface area contributed by atoms with Gasteiger partial charge >= 0.3 is 0 Å². The monoisotopic (exact) mass is 376 g/mol. The van der Waals surface area contributed by atoms with Gasteiger partial charge in [-0.3, -0.25) is 9.78 Å². The number of carbonyl (C=O) groups is 1. The molecule has 28 heavy (non-hydrogen) atoms. The van der Waals surface area contributed by atoms with Gasteiger partial charge in [-0.2, -0.15) is 0 Å². The fourth-order valence-electron chi connectivity index (χ4n) is 3.28. The van der Waals surface area contributed by atoms with Crippen LogP contribution in [0.15, 0.2) is 67.0 Å². The zero-order valence-electron chi connectivity index (χ0n) is 15.4. The molecule has 0 bridgehead atoms. The number of hydrogen-bond acceptors (Lipinski definition) is 4. The van der Waals surface area contributed by atoms with Gasteiger partial charge < -0.3 is 15.5 Å². The molecule has 5 nitrogen and oxygen atoms in total. The zero-order chi connectivity index (χ0) is 19.3. The van der Waals surface area contributed by atoms with E-state index in [1.165, 1.54) is 30.8 Å². The number of anilines is 4. The maximum absolute atomic E-state index is 13.8. The molecular formula is C22H21FN4O. The molecule has 142 valence electrons. The summed E-state index contributed by atoms with van der Waals surface area (Å²) in [6, 6.07) is 15.9. The second-order valence-corrected chi connectivity index (χ2v) is 6.76. The highest BCUT2D eigenvalue weighted by Gasteiger charge is 2.13. The Bertz CT molecular complexity index is 968. The first-order chi connectivity index (χ1) is 13.7. The molecule has 0 saturated carbocycles. The lowest BCUT2D eigenvalue weighted by Gasteiger charge is -2.17. The Balaban J connectivity index is 1.44. The Hall–Kier alpha value is -3.41. The van der Waals surface area contributed by atoms with Crippen molar-refractivity contribution in [3.63, 3.8) is 0 Å². The third-order valence-corrected chi connectivity index (χ3v) is 4.75. The van der Waals surface area contributed by atoms with Gasteiger partial charge in [0.25, 0.3) is 5.91 Å². The van der Waals surface area contributed by atoms with E-state index < -0.39 is 0 Å². The maximum Gasteiger partial charge on any atom is 0.257 e. The van der Waals surface area contributed by atoms with Gasteiger partial charge in [0.15, 0.2) is 0 Å². The van der Waals surface area contributed by atoms with Crippen molar-refractivity contribution in [2.45, 2.75) is 12.8 Å². The number of rotatable bonds is 5. The molecule has 1 aliphatic rings. The molecular weight excluding hydrogens is 355 g/mol. The second-order valence-electron chi connectivity index (χ2n) is 6.76. The highest BCUT2D eigenvalue weighted by molar-refractivity contribution is 6.04. The van der Waals surface area contributed by atoms with Crippen LogP contribution >= 0.6 is 0 Å². The molecule has 4 rings (SSSR count). The van der Waals surface area contributed by atoms with E-state index in [4.69, 9.17) is 0 Å². The van der Waals surface area contributed by atoms with Gasteiger partial charge in [-0.15, -0.1) is 0 Å². The van der Waals surface area contributed by atoms with Crippen molar-refractivity contribution in [3.05, 3.63) is 78.4 Å². The number of benzene rings is 2. The zero-order valence-corrected chi connectivity index (χ0v) is 15.4. The van der Waals surface area contributed by atoms with Crippen molar-refractivity contribution in [3.8, 4) is 0 Å². The molecule has 1 fully saturated rings. The van der Waals surface area contributed by atoms with E-state index in [0.717, 1.165) is 18.8 Å². The molecule has 2 aromatic carbocycles. The van der Waals surface area contributed by atoms with Crippen molar-refractivity contribution < 1.29 is 9.18 Å². The molecule has 2 N–H and O–H groups in total. The number of halogens is 1. The third kappa shape index (κ3) is 4.11. The van der Waals surface area contributed by atoms with Crippen LogP contribution in [0.1, 0.15) is 23.2 Å². The average molecular weight is 376 g/mol. The molecule has 0 atom stereocenters. The Morgan fingerprint density at radius 2 is 1.71 bits per heavy atom. The van der Waals surface area contributed by atoms with Crippen molar-refractivity contribution in [1.29, 1.82) is 0 Å². The molecule has 1 amide bonds. The van der Waals surface area contributed by atoms with Crippen LogP contribution in [0.3, 0.4) is 0 Å². The fraction of sp³-hybridized carbons (Fsp3) is 0.182. The molecule has 6 heteroatoms.